The van der Waals surface area contributed by atoms with E-state index in [4.69, 9.17) is 16.2 Å². The molecule has 1 aliphatic rings. The van der Waals surface area contributed by atoms with Crippen LogP contribution >= 0.6 is 0 Å². The predicted molar refractivity (Wildman–Crippen MR) is 73.6 cm³/mol. The van der Waals surface area contributed by atoms with E-state index < -0.39 is 11.4 Å². The zero-order chi connectivity index (χ0) is 13.9. The highest BCUT2D eigenvalue weighted by molar-refractivity contribution is 5.83. The number of amides is 1. The van der Waals surface area contributed by atoms with E-state index in [2.05, 4.69) is 11.0 Å². The van der Waals surface area contributed by atoms with Crippen LogP contribution in [0.15, 0.2) is 24.3 Å². The molecule has 0 saturated heterocycles. The van der Waals surface area contributed by atoms with E-state index in [1.807, 2.05) is 18.2 Å². The van der Waals surface area contributed by atoms with Gasteiger partial charge in [0, 0.05) is 25.2 Å². The first kappa shape index (κ1) is 13.8. The smallest absolute Gasteiger partial charge is 0.237 e. The van der Waals surface area contributed by atoms with Gasteiger partial charge < -0.3 is 16.2 Å². The molecule has 1 amide bonds. The fraction of sp³-hybridized carbons (Fsp3) is 0.500. The molecule has 0 bridgehead atoms. The maximum Gasteiger partial charge on any atom is 0.237 e. The Labute approximate surface area is 113 Å². The second-order valence-electron chi connectivity index (χ2n) is 5.26. The van der Waals surface area contributed by atoms with Crippen LogP contribution in [0.3, 0.4) is 0 Å². The van der Waals surface area contributed by atoms with Crippen molar-refractivity contribution in [2.24, 2.45) is 11.5 Å². The van der Waals surface area contributed by atoms with Crippen molar-refractivity contribution in [3.8, 4) is 5.75 Å². The Morgan fingerprint density at radius 1 is 1.47 bits per heavy atom. The van der Waals surface area contributed by atoms with Gasteiger partial charge in [0.25, 0.3) is 0 Å². The highest BCUT2D eigenvalue weighted by Crippen LogP contribution is 2.22. The van der Waals surface area contributed by atoms with E-state index >= 15 is 0 Å². The molecule has 1 aliphatic heterocycles. The van der Waals surface area contributed by atoms with E-state index in [-0.39, 0.29) is 0 Å². The van der Waals surface area contributed by atoms with Crippen molar-refractivity contribution in [3.05, 3.63) is 29.8 Å². The number of primary amides is 1. The van der Waals surface area contributed by atoms with Crippen molar-refractivity contribution in [3.63, 3.8) is 0 Å². The summed E-state index contributed by atoms with van der Waals surface area (Å²) in [6, 6.07) is 8.01. The molecule has 1 aromatic rings. The number of hydrogen-bond donors (Lipinski definition) is 2. The normalized spacial score (nSPS) is 18.8. The molecular formula is C14H21N3O2. The van der Waals surface area contributed by atoms with Crippen molar-refractivity contribution in [2.45, 2.75) is 25.4 Å². The lowest BCUT2D eigenvalue weighted by Crippen LogP contribution is -2.51. The minimum atomic E-state index is -0.952. The Kier molecular flexibility index (Phi) is 4.07. The third-order valence-electron chi connectivity index (χ3n) is 3.54. The minimum absolute atomic E-state index is 0.459. The summed E-state index contributed by atoms with van der Waals surface area (Å²) in [6.07, 6.45) is 0.546. The molecule has 1 aromatic carbocycles. The van der Waals surface area contributed by atoms with Gasteiger partial charge in [-0.3, -0.25) is 9.69 Å². The van der Waals surface area contributed by atoms with Gasteiger partial charge in [-0.2, -0.15) is 0 Å². The van der Waals surface area contributed by atoms with Gasteiger partial charge in [0.2, 0.25) is 5.91 Å². The molecule has 0 radical (unpaired) electrons. The number of ether oxygens (including phenoxy) is 1. The number of fused-ring (bicyclic) bond motifs is 1. The highest BCUT2D eigenvalue weighted by atomic mass is 16.5. The standard InChI is InChI=1S/C14H21N3O2/c1-14(16,13(15)18)6-7-17-8-9-19-12-5-3-2-4-11(12)10-17/h2-5H,6-10,16H2,1H3,(H2,15,18). The molecule has 19 heavy (non-hydrogen) atoms. The Hall–Kier alpha value is -1.59. The maximum absolute atomic E-state index is 11.2. The number of carbonyl (C=O) groups is 1. The summed E-state index contributed by atoms with van der Waals surface area (Å²) < 4.78 is 5.69. The second kappa shape index (κ2) is 5.59. The molecule has 0 spiro atoms. The maximum atomic E-state index is 11.2. The molecule has 0 aliphatic carbocycles. The Balaban J connectivity index is 1.98. The molecular weight excluding hydrogens is 242 g/mol. The number of para-hydroxylation sites is 1. The summed E-state index contributed by atoms with van der Waals surface area (Å²) in [7, 11) is 0. The summed E-state index contributed by atoms with van der Waals surface area (Å²) in [5.74, 6) is 0.481. The summed E-state index contributed by atoms with van der Waals surface area (Å²) in [5, 5.41) is 0. The molecule has 4 N–H and O–H groups in total. The van der Waals surface area contributed by atoms with Crippen LogP contribution in [-0.2, 0) is 11.3 Å². The molecule has 0 fully saturated rings. The molecule has 1 unspecified atom stereocenters. The second-order valence-corrected chi connectivity index (χ2v) is 5.26. The summed E-state index contributed by atoms with van der Waals surface area (Å²) in [6.45, 7) is 4.69. The quantitative estimate of drug-likeness (QED) is 0.827. The Bertz CT molecular complexity index is 460. The number of nitrogens with two attached hydrogens (primary N) is 2. The molecule has 5 heteroatoms. The Morgan fingerprint density at radius 3 is 2.95 bits per heavy atom. The molecule has 1 atom stereocenters. The number of nitrogens with zero attached hydrogens (tertiary/aromatic N) is 1. The van der Waals surface area contributed by atoms with E-state index in [9.17, 15) is 4.79 Å². The van der Waals surface area contributed by atoms with Gasteiger partial charge in [0.05, 0.1) is 5.54 Å². The lowest BCUT2D eigenvalue weighted by Gasteiger charge is -2.25. The molecule has 0 aromatic heterocycles. The van der Waals surface area contributed by atoms with Crippen LogP contribution in [0.2, 0.25) is 0 Å². The van der Waals surface area contributed by atoms with Crippen LogP contribution in [0, 0.1) is 0 Å². The molecule has 5 nitrogen and oxygen atoms in total. The van der Waals surface area contributed by atoms with Crippen molar-refractivity contribution < 1.29 is 9.53 Å². The fourth-order valence-electron chi connectivity index (χ4n) is 2.08. The van der Waals surface area contributed by atoms with E-state index in [1.165, 1.54) is 0 Å². The zero-order valence-electron chi connectivity index (χ0n) is 11.3. The van der Waals surface area contributed by atoms with Gasteiger partial charge in [-0.25, -0.2) is 0 Å². The highest BCUT2D eigenvalue weighted by Gasteiger charge is 2.26. The van der Waals surface area contributed by atoms with Gasteiger partial charge in [0.15, 0.2) is 0 Å². The third-order valence-corrected chi connectivity index (χ3v) is 3.54. The average molecular weight is 263 g/mol. The van der Waals surface area contributed by atoms with Gasteiger partial charge in [0.1, 0.15) is 12.4 Å². The van der Waals surface area contributed by atoms with E-state index in [1.54, 1.807) is 6.92 Å². The van der Waals surface area contributed by atoms with Crippen LogP contribution in [0.25, 0.3) is 0 Å². The third kappa shape index (κ3) is 3.45. The number of hydrogen-bond acceptors (Lipinski definition) is 4. The van der Waals surface area contributed by atoms with Crippen molar-refractivity contribution in [2.75, 3.05) is 19.7 Å². The topological polar surface area (TPSA) is 81.6 Å². The average Bonchev–Trinajstić information content (AvgIpc) is 2.58. The van der Waals surface area contributed by atoms with Crippen LogP contribution in [0.5, 0.6) is 5.75 Å². The van der Waals surface area contributed by atoms with Gasteiger partial charge in [-0.05, 0) is 19.4 Å². The molecule has 1 heterocycles. The van der Waals surface area contributed by atoms with Crippen LogP contribution in [-0.4, -0.2) is 36.0 Å². The lowest BCUT2D eigenvalue weighted by molar-refractivity contribution is -0.122. The van der Waals surface area contributed by atoms with Crippen molar-refractivity contribution >= 4 is 5.91 Å². The van der Waals surface area contributed by atoms with E-state index in [0.717, 1.165) is 30.9 Å². The monoisotopic (exact) mass is 263 g/mol. The summed E-state index contributed by atoms with van der Waals surface area (Å²) in [4.78, 5) is 13.5. The van der Waals surface area contributed by atoms with Gasteiger partial charge in [-0.15, -0.1) is 0 Å². The van der Waals surface area contributed by atoms with E-state index in [0.29, 0.717) is 13.0 Å². The first-order valence-corrected chi connectivity index (χ1v) is 6.51. The fourth-order valence-corrected chi connectivity index (χ4v) is 2.08. The Morgan fingerprint density at radius 2 is 2.21 bits per heavy atom. The minimum Gasteiger partial charge on any atom is -0.492 e. The number of rotatable bonds is 4. The zero-order valence-corrected chi connectivity index (χ0v) is 11.3. The summed E-state index contributed by atoms with van der Waals surface area (Å²) >= 11 is 0. The first-order chi connectivity index (χ1) is 8.99. The number of benzene rings is 1. The largest absolute Gasteiger partial charge is 0.492 e. The number of carbonyl (C=O) groups excluding carboxylic acids is 1. The molecule has 104 valence electrons. The summed E-state index contributed by atoms with van der Waals surface area (Å²) in [5.41, 5.74) is 11.4. The van der Waals surface area contributed by atoms with Crippen LogP contribution in [0.4, 0.5) is 0 Å². The van der Waals surface area contributed by atoms with Crippen molar-refractivity contribution in [1.29, 1.82) is 0 Å². The SMILES string of the molecule is CC(N)(CCN1CCOc2ccccc2C1)C(N)=O. The first-order valence-electron chi connectivity index (χ1n) is 6.51. The molecule has 2 rings (SSSR count). The van der Waals surface area contributed by atoms with Gasteiger partial charge >= 0.3 is 0 Å². The predicted octanol–water partition coefficient (Wildman–Crippen LogP) is 0.474. The van der Waals surface area contributed by atoms with Crippen molar-refractivity contribution in [1.82, 2.24) is 4.90 Å². The van der Waals surface area contributed by atoms with Gasteiger partial charge in [-0.1, -0.05) is 18.2 Å². The molecule has 0 saturated carbocycles. The van der Waals surface area contributed by atoms with Crippen LogP contribution in [0.1, 0.15) is 18.9 Å². The lowest BCUT2D eigenvalue weighted by atomic mass is 9.98. The van der Waals surface area contributed by atoms with Crippen LogP contribution < -0.4 is 16.2 Å².